The fourth-order valence-corrected chi connectivity index (χ4v) is 3.43. The molecule has 0 radical (unpaired) electrons. The zero-order chi connectivity index (χ0) is 17.1. The first-order valence-corrected chi connectivity index (χ1v) is 8.79. The summed E-state index contributed by atoms with van der Waals surface area (Å²) in [5.41, 5.74) is 4.20. The highest BCUT2D eigenvalue weighted by Gasteiger charge is 2.14. The average molecular weight is 335 g/mol. The van der Waals surface area contributed by atoms with Crippen LogP contribution >= 0.6 is 0 Å². The average Bonchev–Trinajstić information content (AvgIpc) is 3.29. The van der Waals surface area contributed by atoms with Gasteiger partial charge in [-0.25, -0.2) is 5.43 Å². The second-order valence-corrected chi connectivity index (χ2v) is 6.53. The van der Waals surface area contributed by atoms with Gasteiger partial charge in [-0.3, -0.25) is 4.79 Å². The van der Waals surface area contributed by atoms with Crippen molar-refractivity contribution in [3.63, 3.8) is 0 Å². The molecule has 2 heterocycles. The Balaban J connectivity index is 1.38. The maximum absolute atomic E-state index is 12.1. The van der Waals surface area contributed by atoms with Crippen LogP contribution in [0.25, 0.3) is 11.0 Å². The van der Waals surface area contributed by atoms with Gasteiger partial charge in [0.15, 0.2) is 5.76 Å². The minimum atomic E-state index is -0.348. The lowest BCUT2D eigenvalue weighted by molar-refractivity contribution is 0.0929. The molecule has 1 fully saturated rings. The number of furan rings is 1. The Hall–Kier alpha value is -2.82. The topological polar surface area (TPSA) is 59.5 Å². The Morgan fingerprint density at radius 1 is 1.20 bits per heavy atom. The van der Waals surface area contributed by atoms with Crippen LogP contribution in [0.15, 0.2) is 58.3 Å². The first kappa shape index (κ1) is 15.7. The highest BCUT2D eigenvalue weighted by atomic mass is 16.3. The minimum Gasteiger partial charge on any atom is -0.451 e. The van der Waals surface area contributed by atoms with Gasteiger partial charge in [-0.15, -0.1) is 0 Å². The molecule has 0 saturated heterocycles. The predicted octanol–water partition coefficient (Wildman–Crippen LogP) is 4.50. The van der Waals surface area contributed by atoms with Crippen molar-refractivity contribution in [2.24, 2.45) is 5.10 Å². The Morgan fingerprint density at radius 2 is 2.04 bits per heavy atom. The molecule has 0 spiro atoms. The summed E-state index contributed by atoms with van der Waals surface area (Å²) >= 11 is 0. The van der Waals surface area contributed by atoms with Gasteiger partial charge in [-0.2, -0.15) is 5.10 Å². The molecule has 4 rings (SSSR count). The molecule has 5 heteroatoms. The van der Waals surface area contributed by atoms with Crippen molar-refractivity contribution >= 4 is 23.1 Å². The molecule has 3 aromatic rings. The lowest BCUT2D eigenvalue weighted by Crippen LogP contribution is -2.16. The number of para-hydroxylation sites is 1. The van der Waals surface area contributed by atoms with E-state index in [1.165, 1.54) is 32.1 Å². The molecule has 1 aliphatic carbocycles. The number of carbonyl (C=O) groups excluding carboxylic acids is 1. The van der Waals surface area contributed by atoms with E-state index < -0.39 is 0 Å². The maximum atomic E-state index is 12.1. The summed E-state index contributed by atoms with van der Waals surface area (Å²) in [5, 5.41) is 4.95. The Labute approximate surface area is 146 Å². The summed E-state index contributed by atoms with van der Waals surface area (Å²) in [7, 11) is 0. The number of nitrogens with one attached hydrogen (secondary N) is 1. The van der Waals surface area contributed by atoms with E-state index in [2.05, 4.69) is 27.5 Å². The molecule has 1 amide bonds. The van der Waals surface area contributed by atoms with Crippen molar-refractivity contribution in [3.05, 3.63) is 60.1 Å². The lowest BCUT2D eigenvalue weighted by Gasteiger charge is -2.23. The number of amides is 1. The number of hydrogen-bond acceptors (Lipinski definition) is 3. The van der Waals surface area contributed by atoms with Gasteiger partial charge in [0.25, 0.3) is 0 Å². The zero-order valence-corrected chi connectivity index (χ0v) is 14.0. The van der Waals surface area contributed by atoms with E-state index in [4.69, 9.17) is 4.42 Å². The largest absolute Gasteiger partial charge is 0.451 e. The molecule has 1 aromatic carbocycles. The molecular weight excluding hydrogens is 314 g/mol. The second-order valence-electron chi connectivity index (χ2n) is 6.53. The fourth-order valence-electron chi connectivity index (χ4n) is 3.43. The first-order valence-electron chi connectivity index (χ1n) is 8.79. The van der Waals surface area contributed by atoms with E-state index in [0.29, 0.717) is 11.6 Å². The third kappa shape index (κ3) is 3.50. The van der Waals surface area contributed by atoms with Gasteiger partial charge in [0.1, 0.15) is 5.58 Å². The molecule has 5 nitrogen and oxygen atoms in total. The first-order chi connectivity index (χ1) is 12.3. The van der Waals surface area contributed by atoms with Crippen molar-refractivity contribution in [2.75, 3.05) is 0 Å². The lowest BCUT2D eigenvalue weighted by atomic mass is 9.95. The molecular formula is C20H21N3O2. The quantitative estimate of drug-likeness (QED) is 0.563. The third-order valence-corrected chi connectivity index (χ3v) is 4.76. The molecule has 25 heavy (non-hydrogen) atoms. The van der Waals surface area contributed by atoms with E-state index in [0.717, 1.165) is 10.9 Å². The molecule has 0 bridgehead atoms. The molecule has 1 N–H and O–H groups in total. The highest BCUT2D eigenvalue weighted by Crippen LogP contribution is 2.28. The van der Waals surface area contributed by atoms with E-state index >= 15 is 0 Å². The Morgan fingerprint density at radius 3 is 2.88 bits per heavy atom. The van der Waals surface area contributed by atoms with Crippen molar-refractivity contribution in [1.82, 2.24) is 9.99 Å². The van der Waals surface area contributed by atoms with Gasteiger partial charge >= 0.3 is 5.91 Å². The van der Waals surface area contributed by atoms with Crippen LogP contribution in [0, 0.1) is 0 Å². The van der Waals surface area contributed by atoms with Crippen molar-refractivity contribution in [2.45, 2.75) is 38.1 Å². The number of hydrogen-bond donors (Lipinski definition) is 1. The number of rotatable bonds is 4. The van der Waals surface area contributed by atoms with E-state index in [-0.39, 0.29) is 11.7 Å². The summed E-state index contributed by atoms with van der Waals surface area (Å²) in [6, 6.07) is 11.9. The van der Waals surface area contributed by atoms with Crippen molar-refractivity contribution < 1.29 is 9.21 Å². The van der Waals surface area contributed by atoms with Gasteiger partial charge in [0, 0.05) is 29.4 Å². The van der Waals surface area contributed by atoms with Crippen molar-refractivity contribution in [1.29, 1.82) is 0 Å². The normalized spacial score (nSPS) is 15.8. The number of aromatic nitrogens is 1. The standard InChI is InChI=1S/C20H21N3O2/c24-20(19-12-16-6-4-5-9-18(16)25-19)22-21-13-15-10-11-23(14-15)17-7-2-1-3-8-17/h4-6,9-14,17H,1-3,7-8H2,(H,22,24)/b21-13+. The van der Waals surface area contributed by atoms with Gasteiger partial charge in [0.2, 0.25) is 0 Å². The molecule has 2 aromatic heterocycles. The predicted molar refractivity (Wildman–Crippen MR) is 97.8 cm³/mol. The summed E-state index contributed by atoms with van der Waals surface area (Å²) in [6.45, 7) is 0. The molecule has 0 aliphatic heterocycles. The minimum absolute atomic E-state index is 0.262. The monoisotopic (exact) mass is 335 g/mol. The van der Waals surface area contributed by atoms with Crippen LogP contribution in [-0.2, 0) is 0 Å². The van der Waals surface area contributed by atoms with E-state index in [9.17, 15) is 4.79 Å². The summed E-state index contributed by atoms with van der Waals surface area (Å²) in [5.74, 6) is -0.0858. The number of carbonyl (C=O) groups is 1. The molecule has 0 atom stereocenters. The van der Waals surface area contributed by atoms with E-state index in [1.807, 2.05) is 30.3 Å². The van der Waals surface area contributed by atoms with Gasteiger partial charge in [-0.1, -0.05) is 37.5 Å². The third-order valence-electron chi connectivity index (χ3n) is 4.76. The summed E-state index contributed by atoms with van der Waals surface area (Å²) in [4.78, 5) is 12.1. The number of nitrogens with zero attached hydrogens (tertiary/aromatic N) is 2. The van der Waals surface area contributed by atoms with Gasteiger partial charge < -0.3 is 8.98 Å². The van der Waals surface area contributed by atoms with Crippen molar-refractivity contribution in [3.8, 4) is 0 Å². The van der Waals surface area contributed by atoms with Crippen LogP contribution in [0.1, 0.15) is 54.3 Å². The molecule has 1 saturated carbocycles. The van der Waals surface area contributed by atoms with E-state index in [1.54, 1.807) is 12.3 Å². The smallest absolute Gasteiger partial charge is 0.307 e. The Kier molecular flexibility index (Phi) is 4.37. The van der Waals surface area contributed by atoms with Crippen LogP contribution in [0.2, 0.25) is 0 Å². The fraction of sp³-hybridized carbons (Fsp3) is 0.300. The SMILES string of the molecule is O=C(N/N=C/c1ccn(C2CCCCC2)c1)c1cc2ccccc2o1. The second kappa shape index (κ2) is 6.97. The maximum Gasteiger partial charge on any atom is 0.307 e. The van der Waals surface area contributed by atoms with Gasteiger partial charge in [0.05, 0.1) is 6.21 Å². The van der Waals surface area contributed by atoms with Crippen LogP contribution in [0.5, 0.6) is 0 Å². The number of benzene rings is 1. The molecule has 0 unspecified atom stereocenters. The highest BCUT2D eigenvalue weighted by molar-refractivity contribution is 5.96. The van der Waals surface area contributed by atoms with Crippen LogP contribution < -0.4 is 5.43 Å². The van der Waals surface area contributed by atoms with Crippen LogP contribution in [0.3, 0.4) is 0 Å². The Bertz CT molecular complexity index is 867. The molecule has 128 valence electrons. The number of fused-ring (bicyclic) bond motifs is 1. The number of hydrazone groups is 1. The zero-order valence-electron chi connectivity index (χ0n) is 14.0. The molecule has 1 aliphatic rings. The van der Waals surface area contributed by atoms with Gasteiger partial charge in [-0.05, 0) is 31.0 Å². The van der Waals surface area contributed by atoms with Crippen LogP contribution in [0.4, 0.5) is 0 Å². The van der Waals surface area contributed by atoms with Crippen LogP contribution in [-0.4, -0.2) is 16.7 Å². The summed E-state index contributed by atoms with van der Waals surface area (Å²) in [6.07, 6.45) is 12.3. The summed E-state index contributed by atoms with van der Waals surface area (Å²) < 4.78 is 7.79.